The van der Waals surface area contributed by atoms with E-state index < -0.39 is 38.1 Å². The number of unbranched alkanes of at least 4 members (excludes halogenated alkanes) is 3. The van der Waals surface area contributed by atoms with Crippen molar-refractivity contribution in [1.29, 1.82) is 0 Å². The van der Waals surface area contributed by atoms with Crippen LogP contribution in [0.2, 0.25) is 0 Å². The molecule has 0 atom stereocenters. The second kappa shape index (κ2) is 7.46. The van der Waals surface area contributed by atoms with Gasteiger partial charge in [0.2, 0.25) is 10.0 Å². The van der Waals surface area contributed by atoms with E-state index in [0.29, 0.717) is 18.6 Å². The summed E-state index contributed by atoms with van der Waals surface area (Å²) in [6.45, 7) is 2.11. The third kappa shape index (κ3) is 5.05. The second-order valence-corrected chi connectivity index (χ2v) is 6.03. The Labute approximate surface area is 122 Å². The van der Waals surface area contributed by atoms with Crippen LogP contribution in [0.1, 0.15) is 43.0 Å². The third-order valence-corrected chi connectivity index (χ3v) is 3.70. The summed E-state index contributed by atoms with van der Waals surface area (Å²) in [6, 6.07) is 0.849. The van der Waals surface area contributed by atoms with Gasteiger partial charge in [0.15, 0.2) is 0 Å². The summed E-state index contributed by atoms with van der Waals surface area (Å²) >= 11 is 0. The maximum absolute atomic E-state index is 13.5. The molecule has 0 aliphatic carbocycles. The first-order valence-electron chi connectivity index (χ1n) is 6.46. The van der Waals surface area contributed by atoms with Crippen LogP contribution in [-0.4, -0.2) is 21.0 Å². The lowest BCUT2D eigenvalue weighted by atomic mass is 10.2. The molecule has 1 rings (SSSR count). The monoisotopic (exact) mass is 321 g/mol. The highest BCUT2D eigenvalue weighted by atomic mass is 32.2. The second-order valence-electron chi connectivity index (χ2n) is 4.50. The minimum absolute atomic E-state index is 0.0837. The predicted molar refractivity (Wildman–Crippen MR) is 72.2 cm³/mol. The van der Waals surface area contributed by atoms with Crippen LogP contribution in [0.5, 0.6) is 0 Å². The molecule has 21 heavy (non-hydrogen) atoms. The molecule has 2 N–H and O–H groups in total. The molecule has 0 amide bonds. The first-order chi connectivity index (χ1) is 9.77. The Bertz CT molecular complexity index is 617. The number of sulfonamides is 1. The van der Waals surface area contributed by atoms with Crippen molar-refractivity contribution in [3.05, 3.63) is 29.3 Å². The van der Waals surface area contributed by atoms with Gasteiger partial charge < -0.3 is 4.74 Å². The molecule has 0 unspecified atom stereocenters. The predicted octanol–water partition coefficient (Wildman–Crippen LogP) is 2.35. The SMILES string of the molecule is CCCCCCOC(=O)c1cc(S(N)(=O)=O)c(F)cc1F. The first kappa shape index (κ1) is 17.5. The quantitative estimate of drug-likeness (QED) is 0.617. The minimum Gasteiger partial charge on any atom is -0.462 e. The highest BCUT2D eigenvalue weighted by Gasteiger charge is 2.22. The Kier molecular flexibility index (Phi) is 6.22. The minimum atomic E-state index is -4.39. The van der Waals surface area contributed by atoms with Crippen molar-refractivity contribution in [1.82, 2.24) is 0 Å². The first-order valence-corrected chi connectivity index (χ1v) is 8.01. The molecule has 118 valence electrons. The number of nitrogens with two attached hydrogens (primary N) is 1. The van der Waals surface area contributed by atoms with Crippen molar-refractivity contribution in [2.24, 2.45) is 5.14 Å². The van der Waals surface area contributed by atoms with Crippen LogP contribution in [0.15, 0.2) is 17.0 Å². The van der Waals surface area contributed by atoms with E-state index in [1.165, 1.54) is 0 Å². The Morgan fingerprint density at radius 2 is 1.86 bits per heavy atom. The van der Waals surface area contributed by atoms with Gasteiger partial charge in [0.1, 0.15) is 16.5 Å². The van der Waals surface area contributed by atoms with E-state index in [1.807, 2.05) is 6.92 Å². The number of benzene rings is 1. The van der Waals surface area contributed by atoms with Gasteiger partial charge in [-0.15, -0.1) is 0 Å². The molecule has 0 saturated heterocycles. The van der Waals surface area contributed by atoms with E-state index in [-0.39, 0.29) is 6.61 Å². The molecule has 0 heterocycles. The van der Waals surface area contributed by atoms with Crippen LogP contribution in [0.4, 0.5) is 8.78 Å². The topological polar surface area (TPSA) is 86.5 Å². The molecule has 0 radical (unpaired) electrons. The zero-order valence-corrected chi connectivity index (χ0v) is 12.4. The number of ether oxygens (including phenoxy) is 1. The van der Waals surface area contributed by atoms with E-state index in [1.54, 1.807) is 0 Å². The molecule has 0 aliphatic rings. The molecule has 0 aromatic heterocycles. The Hall–Kier alpha value is -1.54. The lowest BCUT2D eigenvalue weighted by Crippen LogP contribution is -2.17. The normalized spacial score (nSPS) is 11.4. The molecule has 5 nitrogen and oxygen atoms in total. The number of halogens is 2. The van der Waals surface area contributed by atoms with Crippen LogP contribution >= 0.6 is 0 Å². The fraction of sp³-hybridized carbons (Fsp3) is 0.462. The molecule has 0 spiro atoms. The standard InChI is InChI=1S/C13H17F2NO4S/c1-2-3-4-5-6-20-13(17)9-7-12(21(16,18)19)11(15)8-10(9)14/h7-8H,2-6H2,1H3,(H2,16,18,19). The number of hydrogen-bond acceptors (Lipinski definition) is 4. The van der Waals surface area contributed by atoms with Gasteiger partial charge in [-0.05, 0) is 12.5 Å². The Morgan fingerprint density at radius 3 is 2.43 bits per heavy atom. The van der Waals surface area contributed by atoms with Crippen molar-refractivity contribution in [2.45, 2.75) is 37.5 Å². The number of carbonyl (C=O) groups is 1. The fourth-order valence-corrected chi connectivity index (χ4v) is 2.29. The zero-order valence-electron chi connectivity index (χ0n) is 11.6. The van der Waals surface area contributed by atoms with Gasteiger partial charge in [-0.3, -0.25) is 0 Å². The largest absolute Gasteiger partial charge is 0.462 e. The average molecular weight is 321 g/mol. The van der Waals surface area contributed by atoms with Crippen LogP contribution in [-0.2, 0) is 14.8 Å². The number of hydrogen-bond donors (Lipinski definition) is 1. The van der Waals surface area contributed by atoms with Crippen LogP contribution < -0.4 is 5.14 Å². The van der Waals surface area contributed by atoms with Gasteiger partial charge in [-0.25, -0.2) is 27.1 Å². The maximum atomic E-state index is 13.5. The molecule has 8 heteroatoms. The number of rotatable bonds is 7. The molecule has 1 aromatic rings. The Balaban J connectivity index is 2.85. The van der Waals surface area contributed by atoms with Crippen molar-refractivity contribution >= 4 is 16.0 Å². The number of primary sulfonamides is 1. The smallest absolute Gasteiger partial charge is 0.341 e. The fourth-order valence-electron chi connectivity index (χ4n) is 1.68. The van der Waals surface area contributed by atoms with Gasteiger partial charge in [0.05, 0.1) is 12.2 Å². The van der Waals surface area contributed by atoms with E-state index >= 15 is 0 Å². The summed E-state index contributed by atoms with van der Waals surface area (Å²) in [5.74, 6) is -3.60. The molecular weight excluding hydrogens is 304 g/mol. The summed E-state index contributed by atoms with van der Waals surface area (Å²) < 4.78 is 53.9. The van der Waals surface area contributed by atoms with Crippen molar-refractivity contribution in [3.63, 3.8) is 0 Å². The summed E-state index contributed by atoms with van der Waals surface area (Å²) in [6.07, 6.45) is 3.47. The molecule has 0 fully saturated rings. The molecule has 0 saturated carbocycles. The highest BCUT2D eigenvalue weighted by molar-refractivity contribution is 7.89. The third-order valence-electron chi connectivity index (χ3n) is 2.78. The van der Waals surface area contributed by atoms with Gasteiger partial charge in [-0.1, -0.05) is 26.2 Å². The summed E-state index contributed by atoms with van der Waals surface area (Å²) in [7, 11) is -4.39. The van der Waals surface area contributed by atoms with E-state index in [4.69, 9.17) is 9.88 Å². The lowest BCUT2D eigenvalue weighted by molar-refractivity contribution is 0.0492. The van der Waals surface area contributed by atoms with Crippen molar-refractivity contribution in [3.8, 4) is 0 Å². The van der Waals surface area contributed by atoms with Crippen LogP contribution in [0.25, 0.3) is 0 Å². The molecule has 0 aliphatic heterocycles. The number of esters is 1. The lowest BCUT2D eigenvalue weighted by Gasteiger charge is -2.08. The molecule has 0 bridgehead atoms. The van der Waals surface area contributed by atoms with Gasteiger partial charge in [0, 0.05) is 6.07 Å². The van der Waals surface area contributed by atoms with Crippen LogP contribution in [0.3, 0.4) is 0 Å². The van der Waals surface area contributed by atoms with E-state index in [2.05, 4.69) is 0 Å². The van der Waals surface area contributed by atoms with Gasteiger partial charge >= 0.3 is 5.97 Å². The molecular formula is C13H17F2NO4S. The van der Waals surface area contributed by atoms with E-state index in [0.717, 1.165) is 19.3 Å². The summed E-state index contributed by atoms with van der Waals surface area (Å²) in [5, 5.41) is 4.79. The zero-order chi connectivity index (χ0) is 16.0. The maximum Gasteiger partial charge on any atom is 0.341 e. The number of carbonyl (C=O) groups excluding carboxylic acids is 1. The van der Waals surface area contributed by atoms with Crippen molar-refractivity contribution in [2.75, 3.05) is 6.61 Å². The van der Waals surface area contributed by atoms with Crippen molar-refractivity contribution < 1.29 is 26.7 Å². The highest BCUT2D eigenvalue weighted by Crippen LogP contribution is 2.19. The molecule has 1 aromatic carbocycles. The summed E-state index contributed by atoms with van der Waals surface area (Å²) in [4.78, 5) is 10.7. The van der Waals surface area contributed by atoms with E-state index in [9.17, 15) is 22.0 Å². The summed E-state index contributed by atoms with van der Waals surface area (Å²) in [5.41, 5.74) is -0.657. The Morgan fingerprint density at radius 1 is 1.19 bits per heavy atom. The van der Waals surface area contributed by atoms with Crippen LogP contribution in [0, 0.1) is 11.6 Å². The van der Waals surface area contributed by atoms with Gasteiger partial charge in [-0.2, -0.15) is 0 Å². The van der Waals surface area contributed by atoms with Gasteiger partial charge in [0.25, 0.3) is 0 Å². The average Bonchev–Trinajstić information content (AvgIpc) is 2.36.